The minimum atomic E-state index is -3.60. The Balaban J connectivity index is 0.00000289. The van der Waals surface area contributed by atoms with E-state index in [-0.39, 0.29) is 29.4 Å². The van der Waals surface area contributed by atoms with E-state index >= 15 is 0 Å². The van der Waals surface area contributed by atoms with Crippen LogP contribution < -0.4 is 16.2 Å². The average molecular weight is 294 g/mol. The van der Waals surface area contributed by atoms with Crippen LogP contribution in [0.3, 0.4) is 0 Å². The van der Waals surface area contributed by atoms with Gasteiger partial charge in [0, 0.05) is 12.1 Å². The Kier molecular flexibility index (Phi) is 6.85. The third-order valence-electron chi connectivity index (χ3n) is 2.10. The highest BCUT2D eigenvalue weighted by molar-refractivity contribution is 7.89. The highest BCUT2D eigenvalue weighted by Gasteiger charge is 2.14. The van der Waals surface area contributed by atoms with Crippen molar-refractivity contribution in [1.82, 2.24) is 4.72 Å². The molecule has 0 bridgehead atoms. The van der Waals surface area contributed by atoms with Gasteiger partial charge in [0.1, 0.15) is 0 Å². The van der Waals surface area contributed by atoms with Gasteiger partial charge in [0.2, 0.25) is 15.9 Å². The van der Waals surface area contributed by atoms with Crippen molar-refractivity contribution in [3.63, 3.8) is 0 Å². The van der Waals surface area contributed by atoms with E-state index in [1.165, 1.54) is 24.3 Å². The number of benzene rings is 1. The molecule has 0 saturated carbocycles. The maximum absolute atomic E-state index is 11.8. The van der Waals surface area contributed by atoms with E-state index in [9.17, 15) is 13.2 Å². The zero-order valence-corrected chi connectivity index (χ0v) is 11.3. The van der Waals surface area contributed by atoms with Gasteiger partial charge in [-0.15, -0.1) is 12.4 Å². The first-order valence-electron chi connectivity index (χ1n) is 5.07. The summed E-state index contributed by atoms with van der Waals surface area (Å²) in [6, 6.07) is 5.57. The molecule has 0 atom stereocenters. The number of halogens is 1. The van der Waals surface area contributed by atoms with Gasteiger partial charge in [0.15, 0.2) is 0 Å². The Labute approximate surface area is 112 Å². The fourth-order valence-electron chi connectivity index (χ4n) is 1.21. The minimum absolute atomic E-state index is 0. The van der Waals surface area contributed by atoms with Gasteiger partial charge < -0.3 is 11.5 Å². The molecule has 0 saturated heterocycles. The molecule has 0 fully saturated rings. The molecule has 0 aliphatic carbocycles. The highest BCUT2D eigenvalue weighted by Crippen LogP contribution is 2.10. The van der Waals surface area contributed by atoms with Gasteiger partial charge >= 0.3 is 0 Å². The summed E-state index contributed by atoms with van der Waals surface area (Å²) in [5, 5.41) is 0. The summed E-state index contributed by atoms with van der Waals surface area (Å²) in [5.41, 5.74) is 10.5. The average Bonchev–Trinajstić information content (AvgIpc) is 2.29. The van der Waals surface area contributed by atoms with Gasteiger partial charge in [0.25, 0.3) is 0 Å². The molecule has 1 aromatic carbocycles. The van der Waals surface area contributed by atoms with Crippen molar-refractivity contribution < 1.29 is 13.2 Å². The van der Waals surface area contributed by atoms with Crippen molar-refractivity contribution in [2.75, 3.05) is 13.1 Å². The SMILES string of the molecule is Cl.NCCCNS(=O)(=O)c1cccc(C(N)=O)c1. The molecular weight excluding hydrogens is 278 g/mol. The van der Waals surface area contributed by atoms with Crippen LogP contribution in [0, 0.1) is 0 Å². The van der Waals surface area contributed by atoms with E-state index in [1.54, 1.807) is 0 Å². The Hall–Kier alpha value is -1.15. The Morgan fingerprint density at radius 3 is 2.56 bits per heavy atom. The number of hydrogen-bond donors (Lipinski definition) is 3. The summed E-state index contributed by atoms with van der Waals surface area (Å²) in [6.45, 7) is 0.670. The van der Waals surface area contributed by atoms with Gasteiger partial charge in [-0.1, -0.05) is 6.07 Å². The van der Waals surface area contributed by atoms with Gasteiger partial charge in [-0.25, -0.2) is 13.1 Å². The van der Waals surface area contributed by atoms with Crippen LogP contribution in [-0.2, 0) is 10.0 Å². The molecule has 1 aromatic rings. The lowest BCUT2D eigenvalue weighted by atomic mass is 10.2. The van der Waals surface area contributed by atoms with Crippen LogP contribution in [0.15, 0.2) is 29.2 Å². The van der Waals surface area contributed by atoms with E-state index in [4.69, 9.17) is 11.5 Å². The Bertz CT molecular complexity index is 505. The molecule has 6 nitrogen and oxygen atoms in total. The van der Waals surface area contributed by atoms with Gasteiger partial charge in [0.05, 0.1) is 4.90 Å². The smallest absolute Gasteiger partial charge is 0.248 e. The van der Waals surface area contributed by atoms with Crippen molar-refractivity contribution in [3.05, 3.63) is 29.8 Å². The molecule has 102 valence electrons. The second kappa shape index (κ2) is 7.32. The Morgan fingerprint density at radius 2 is 2.00 bits per heavy atom. The standard InChI is InChI=1S/C10H15N3O3S.ClH/c11-5-2-6-13-17(15,16)9-4-1-3-8(7-9)10(12)14;/h1,3-4,7,13H,2,5-6,11H2,(H2,12,14);1H. The first-order chi connectivity index (χ1) is 7.97. The van der Waals surface area contributed by atoms with Crippen molar-refractivity contribution in [3.8, 4) is 0 Å². The zero-order chi connectivity index (χ0) is 12.9. The number of carbonyl (C=O) groups is 1. The van der Waals surface area contributed by atoms with Crippen LogP contribution in [0.1, 0.15) is 16.8 Å². The van der Waals surface area contributed by atoms with Crippen LogP contribution in [0.2, 0.25) is 0 Å². The lowest BCUT2D eigenvalue weighted by Crippen LogP contribution is -2.26. The van der Waals surface area contributed by atoms with Crippen molar-refractivity contribution >= 4 is 28.3 Å². The second-order valence-electron chi connectivity index (χ2n) is 3.43. The van der Waals surface area contributed by atoms with E-state index in [1.807, 2.05) is 0 Å². The van der Waals surface area contributed by atoms with Crippen LogP contribution >= 0.6 is 12.4 Å². The molecule has 0 aliphatic heterocycles. The number of primary amides is 1. The van der Waals surface area contributed by atoms with Crippen molar-refractivity contribution in [2.24, 2.45) is 11.5 Å². The fourth-order valence-corrected chi connectivity index (χ4v) is 2.33. The van der Waals surface area contributed by atoms with Crippen molar-refractivity contribution in [2.45, 2.75) is 11.3 Å². The maximum atomic E-state index is 11.8. The fraction of sp³-hybridized carbons (Fsp3) is 0.300. The highest BCUT2D eigenvalue weighted by atomic mass is 35.5. The van der Waals surface area contributed by atoms with E-state index in [0.29, 0.717) is 13.0 Å². The molecule has 0 unspecified atom stereocenters. The summed E-state index contributed by atoms with van der Waals surface area (Å²) >= 11 is 0. The monoisotopic (exact) mass is 293 g/mol. The molecule has 0 spiro atoms. The molecule has 8 heteroatoms. The number of hydrogen-bond acceptors (Lipinski definition) is 4. The lowest BCUT2D eigenvalue weighted by Gasteiger charge is -2.06. The van der Waals surface area contributed by atoms with Crippen molar-refractivity contribution in [1.29, 1.82) is 0 Å². The molecule has 1 rings (SSSR count). The lowest BCUT2D eigenvalue weighted by molar-refractivity contribution is 0.1000. The van der Waals surface area contributed by atoms with E-state index in [2.05, 4.69) is 4.72 Å². The number of sulfonamides is 1. The van der Waals surface area contributed by atoms with E-state index < -0.39 is 15.9 Å². The quantitative estimate of drug-likeness (QED) is 0.632. The summed E-state index contributed by atoms with van der Waals surface area (Å²) in [7, 11) is -3.60. The molecule has 0 aliphatic rings. The van der Waals surface area contributed by atoms with Crippen LogP contribution in [-0.4, -0.2) is 27.4 Å². The number of nitrogens with one attached hydrogen (secondary N) is 1. The normalized spacial score (nSPS) is 10.7. The predicted molar refractivity (Wildman–Crippen MR) is 71.1 cm³/mol. The zero-order valence-electron chi connectivity index (χ0n) is 9.63. The number of nitrogens with two attached hydrogens (primary N) is 2. The summed E-state index contributed by atoms with van der Waals surface area (Å²) in [6.07, 6.45) is 0.550. The molecule has 0 radical (unpaired) electrons. The van der Waals surface area contributed by atoms with E-state index in [0.717, 1.165) is 0 Å². The predicted octanol–water partition coefficient (Wildman–Crippen LogP) is -0.166. The van der Waals surface area contributed by atoms with Gasteiger partial charge in [-0.2, -0.15) is 0 Å². The summed E-state index contributed by atoms with van der Waals surface area (Å²) < 4.78 is 25.9. The molecule has 1 amide bonds. The molecule has 0 heterocycles. The molecule has 5 N–H and O–H groups in total. The van der Waals surface area contributed by atoms with Crippen LogP contribution in [0.25, 0.3) is 0 Å². The number of amides is 1. The van der Waals surface area contributed by atoms with Gasteiger partial charge in [-0.3, -0.25) is 4.79 Å². The maximum Gasteiger partial charge on any atom is 0.248 e. The first-order valence-corrected chi connectivity index (χ1v) is 6.55. The topological polar surface area (TPSA) is 115 Å². The molecular formula is C10H16ClN3O3S. The van der Waals surface area contributed by atoms with Crippen LogP contribution in [0.5, 0.6) is 0 Å². The van der Waals surface area contributed by atoms with Crippen LogP contribution in [0.4, 0.5) is 0 Å². The Morgan fingerprint density at radius 1 is 1.33 bits per heavy atom. The third-order valence-corrected chi connectivity index (χ3v) is 3.56. The largest absolute Gasteiger partial charge is 0.366 e. The second-order valence-corrected chi connectivity index (χ2v) is 5.20. The minimum Gasteiger partial charge on any atom is -0.366 e. The number of rotatable bonds is 6. The summed E-state index contributed by atoms with van der Waals surface area (Å²) in [4.78, 5) is 11.0. The third kappa shape index (κ3) is 4.61. The number of carbonyl (C=O) groups excluding carboxylic acids is 1. The molecule has 0 aromatic heterocycles. The summed E-state index contributed by atoms with van der Waals surface area (Å²) in [5.74, 6) is -0.663. The molecule has 18 heavy (non-hydrogen) atoms. The first kappa shape index (κ1) is 16.9. The van der Waals surface area contributed by atoms with Gasteiger partial charge in [-0.05, 0) is 31.2 Å².